The molecule has 1 heteroatoms. The summed E-state index contributed by atoms with van der Waals surface area (Å²) >= 11 is 0. The van der Waals surface area contributed by atoms with Gasteiger partial charge >= 0.3 is 0 Å². The van der Waals surface area contributed by atoms with E-state index in [0.717, 1.165) is 6.42 Å². The lowest BCUT2D eigenvalue weighted by atomic mass is 9.92. The molecule has 0 saturated carbocycles. The molecule has 0 bridgehead atoms. The van der Waals surface area contributed by atoms with Gasteiger partial charge in [0.05, 0.1) is 0 Å². The number of rotatable bonds is 0. The first kappa shape index (κ1) is 13.9. The number of allylic oxidation sites excluding steroid dienone is 1. The molecule has 1 heterocycles. The molecule has 0 N–H and O–H groups in total. The van der Waals surface area contributed by atoms with Crippen molar-refractivity contribution in [3.8, 4) is 0 Å². The third kappa shape index (κ3) is 4.28. The summed E-state index contributed by atoms with van der Waals surface area (Å²) in [5, 5.41) is 0. The van der Waals surface area contributed by atoms with Crippen LogP contribution in [-0.2, 0) is 6.42 Å². The van der Waals surface area contributed by atoms with Crippen molar-refractivity contribution in [3.05, 3.63) is 35.7 Å². The molecule has 0 fully saturated rings. The molecule has 1 atom stereocenters. The number of pyridine rings is 1. The van der Waals surface area contributed by atoms with Gasteiger partial charge in [-0.05, 0) is 29.5 Å². The van der Waals surface area contributed by atoms with Crippen molar-refractivity contribution < 1.29 is 0 Å². The van der Waals surface area contributed by atoms with Gasteiger partial charge in [0.1, 0.15) is 0 Å². The van der Waals surface area contributed by atoms with Crippen molar-refractivity contribution in [3.63, 3.8) is 0 Å². The van der Waals surface area contributed by atoms with Crippen LogP contribution in [0, 0.1) is 5.92 Å². The summed E-state index contributed by atoms with van der Waals surface area (Å²) in [6.45, 7) is 10.2. The van der Waals surface area contributed by atoms with Gasteiger partial charge in [0, 0.05) is 12.4 Å². The lowest BCUT2D eigenvalue weighted by Gasteiger charge is -2.13. The molecule has 1 aliphatic carbocycles. The van der Waals surface area contributed by atoms with Crippen molar-refractivity contribution >= 4 is 6.08 Å². The van der Waals surface area contributed by atoms with E-state index < -0.39 is 0 Å². The third-order valence-electron chi connectivity index (χ3n) is 2.09. The van der Waals surface area contributed by atoms with Crippen molar-refractivity contribution in [1.29, 1.82) is 0 Å². The van der Waals surface area contributed by atoms with Gasteiger partial charge in [-0.15, -0.1) is 0 Å². The van der Waals surface area contributed by atoms with Gasteiger partial charge < -0.3 is 0 Å². The maximum atomic E-state index is 4.07. The maximum Gasteiger partial charge on any atom is 0.0342 e. The highest BCUT2D eigenvalue weighted by atomic mass is 14.6. The second-order valence-electron chi connectivity index (χ2n) is 3.12. The van der Waals surface area contributed by atoms with Crippen LogP contribution in [0.15, 0.2) is 24.5 Å². The van der Waals surface area contributed by atoms with Gasteiger partial charge in [0.15, 0.2) is 0 Å². The van der Waals surface area contributed by atoms with Crippen LogP contribution in [0.25, 0.3) is 6.08 Å². The fraction of sp³-hybridized carbons (Fsp3) is 0.500. The lowest BCUT2D eigenvalue weighted by molar-refractivity contribution is 0.716. The zero-order valence-corrected chi connectivity index (χ0v) is 10.6. The first-order chi connectivity index (χ1) is 7.36. The molecular weight excluding hydrogens is 182 g/mol. The van der Waals surface area contributed by atoms with E-state index in [2.05, 4.69) is 30.1 Å². The van der Waals surface area contributed by atoms with Gasteiger partial charge in [0.25, 0.3) is 0 Å². The minimum absolute atomic E-state index is 0.685. The van der Waals surface area contributed by atoms with Crippen LogP contribution in [0.2, 0.25) is 0 Å². The summed E-state index contributed by atoms with van der Waals surface area (Å²) in [6, 6.07) is 2.11. The number of nitrogens with zero attached hydrogens (tertiary/aromatic N) is 1. The summed E-state index contributed by atoms with van der Waals surface area (Å²) in [4.78, 5) is 4.07. The molecule has 1 nitrogen and oxygen atoms in total. The first-order valence-electron chi connectivity index (χ1n) is 5.97. The summed E-state index contributed by atoms with van der Waals surface area (Å²) < 4.78 is 0. The molecule has 15 heavy (non-hydrogen) atoms. The van der Waals surface area contributed by atoms with Crippen molar-refractivity contribution in [2.75, 3.05) is 0 Å². The Morgan fingerprint density at radius 2 is 1.87 bits per heavy atom. The van der Waals surface area contributed by atoms with E-state index in [1.54, 1.807) is 0 Å². The number of aromatic nitrogens is 1. The first-order valence-corrected chi connectivity index (χ1v) is 5.97. The molecular formula is C14H23N. The Morgan fingerprint density at radius 3 is 2.53 bits per heavy atom. The predicted molar refractivity (Wildman–Crippen MR) is 68.8 cm³/mol. The van der Waals surface area contributed by atoms with Crippen LogP contribution in [0.1, 0.15) is 45.7 Å². The highest BCUT2D eigenvalue weighted by Gasteiger charge is 2.08. The third-order valence-corrected chi connectivity index (χ3v) is 2.09. The second kappa shape index (κ2) is 8.22. The van der Waals surface area contributed by atoms with E-state index in [-0.39, 0.29) is 0 Å². The Labute approximate surface area is 94.3 Å². The minimum Gasteiger partial charge on any atom is -0.264 e. The van der Waals surface area contributed by atoms with Crippen molar-refractivity contribution in [1.82, 2.24) is 4.98 Å². The molecule has 84 valence electrons. The second-order valence-corrected chi connectivity index (χ2v) is 3.12. The average Bonchev–Trinajstić information content (AvgIpc) is 2.34. The molecule has 1 aromatic heterocycles. The van der Waals surface area contributed by atoms with Gasteiger partial charge in [-0.1, -0.05) is 46.8 Å². The molecule has 0 aliphatic heterocycles. The summed E-state index contributed by atoms with van der Waals surface area (Å²) in [5.41, 5.74) is 2.71. The molecule has 0 saturated heterocycles. The number of hydrogen-bond donors (Lipinski definition) is 0. The minimum atomic E-state index is 0.685. The quantitative estimate of drug-likeness (QED) is 0.614. The molecule has 1 aliphatic rings. The molecule has 0 spiro atoms. The Bertz CT molecular complexity index is 289. The van der Waals surface area contributed by atoms with Crippen molar-refractivity contribution in [2.24, 2.45) is 5.92 Å². The van der Waals surface area contributed by atoms with E-state index in [1.807, 2.05) is 40.1 Å². The average molecular weight is 205 g/mol. The number of hydrogen-bond acceptors (Lipinski definition) is 1. The monoisotopic (exact) mass is 205 g/mol. The van der Waals surface area contributed by atoms with Crippen LogP contribution in [0.5, 0.6) is 0 Å². The topological polar surface area (TPSA) is 12.9 Å². The maximum absolute atomic E-state index is 4.07. The Morgan fingerprint density at radius 1 is 1.20 bits per heavy atom. The molecule has 1 aromatic rings. The Hall–Kier alpha value is -1.11. The van der Waals surface area contributed by atoms with Crippen LogP contribution < -0.4 is 0 Å². The smallest absolute Gasteiger partial charge is 0.0342 e. The van der Waals surface area contributed by atoms with Gasteiger partial charge in [0.2, 0.25) is 0 Å². The fourth-order valence-corrected chi connectivity index (χ4v) is 1.45. The van der Waals surface area contributed by atoms with Gasteiger partial charge in [-0.2, -0.15) is 0 Å². The molecule has 0 aromatic carbocycles. The Balaban J connectivity index is 0.000000442. The predicted octanol–water partition coefficient (Wildman–Crippen LogP) is 4.34. The van der Waals surface area contributed by atoms with Crippen LogP contribution in [0.3, 0.4) is 0 Å². The van der Waals surface area contributed by atoms with Crippen LogP contribution in [-0.4, -0.2) is 4.98 Å². The standard InChI is InChI=1S/C10H11N.2C2H6/c1-8-2-3-10-7-11-5-4-9(10)6-8;2*1-2/h2-5,7-8H,6H2,1H3;2*1-2H3. The van der Waals surface area contributed by atoms with Gasteiger partial charge in [-0.3, -0.25) is 4.98 Å². The summed E-state index contributed by atoms with van der Waals surface area (Å²) in [5.74, 6) is 0.685. The normalized spacial score (nSPS) is 16.5. The summed E-state index contributed by atoms with van der Waals surface area (Å²) in [6.07, 6.45) is 9.36. The molecule has 0 amide bonds. The van der Waals surface area contributed by atoms with E-state index in [0.29, 0.717) is 5.92 Å². The number of fused-ring (bicyclic) bond motifs is 1. The van der Waals surface area contributed by atoms with E-state index in [9.17, 15) is 0 Å². The van der Waals surface area contributed by atoms with Crippen LogP contribution in [0.4, 0.5) is 0 Å². The lowest BCUT2D eigenvalue weighted by Crippen LogP contribution is -2.02. The highest BCUT2D eigenvalue weighted by Crippen LogP contribution is 2.20. The largest absolute Gasteiger partial charge is 0.264 e. The zero-order valence-electron chi connectivity index (χ0n) is 10.6. The van der Waals surface area contributed by atoms with Crippen LogP contribution >= 0.6 is 0 Å². The SMILES string of the molecule is CC.CC.CC1C=Cc2cnccc2C1. The molecule has 1 unspecified atom stereocenters. The van der Waals surface area contributed by atoms with E-state index >= 15 is 0 Å². The zero-order chi connectivity index (χ0) is 11.7. The van der Waals surface area contributed by atoms with E-state index in [1.165, 1.54) is 11.1 Å². The van der Waals surface area contributed by atoms with Gasteiger partial charge in [-0.25, -0.2) is 0 Å². The summed E-state index contributed by atoms with van der Waals surface area (Å²) in [7, 11) is 0. The fourth-order valence-electron chi connectivity index (χ4n) is 1.45. The Kier molecular flexibility index (Phi) is 7.61. The van der Waals surface area contributed by atoms with E-state index in [4.69, 9.17) is 0 Å². The highest BCUT2D eigenvalue weighted by molar-refractivity contribution is 5.55. The molecule has 2 rings (SSSR count). The molecule has 0 radical (unpaired) electrons. The van der Waals surface area contributed by atoms with Crippen molar-refractivity contribution in [2.45, 2.75) is 41.0 Å².